The van der Waals surface area contributed by atoms with E-state index in [4.69, 9.17) is 9.47 Å². The SMILES string of the molecule is c1cncc(CNc2cnnc(Nc3ccc4c(c3)OCCO4)n2)c1. The Kier molecular flexibility index (Phi) is 4.23. The minimum atomic E-state index is 0.396. The van der Waals surface area contributed by atoms with Crippen molar-refractivity contribution < 1.29 is 9.47 Å². The lowest BCUT2D eigenvalue weighted by Gasteiger charge is -2.18. The van der Waals surface area contributed by atoms with Gasteiger partial charge in [-0.25, -0.2) is 0 Å². The molecule has 0 atom stereocenters. The summed E-state index contributed by atoms with van der Waals surface area (Å²) in [5.41, 5.74) is 1.86. The predicted molar refractivity (Wildman–Crippen MR) is 92.1 cm³/mol. The summed E-state index contributed by atoms with van der Waals surface area (Å²) in [7, 11) is 0. The Morgan fingerprint density at radius 2 is 1.96 bits per heavy atom. The van der Waals surface area contributed by atoms with Crippen molar-refractivity contribution in [2.75, 3.05) is 23.8 Å². The van der Waals surface area contributed by atoms with Crippen LogP contribution in [0.15, 0.2) is 48.9 Å². The van der Waals surface area contributed by atoms with Gasteiger partial charge in [0.1, 0.15) is 13.2 Å². The molecule has 0 unspecified atom stereocenters. The van der Waals surface area contributed by atoms with Gasteiger partial charge in [-0.1, -0.05) is 6.07 Å². The molecule has 25 heavy (non-hydrogen) atoms. The largest absolute Gasteiger partial charge is 0.486 e. The topological polar surface area (TPSA) is 94.1 Å². The number of aromatic nitrogens is 4. The van der Waals surface area contributed by atoms with Gasteiger partial charge in [-0.2, -0.15) is 10.1 Å². The van der Waals surface area contributed by atoms with Crippen LogP contribution in [0.25, 0.3) is 0 Å². The molecule has 8 heteroatoms. The smallest absolute Gasteiger partial charge is 0.249 e. The zero-order valence-electron chi connectivity index (χ0n) is 13.3. The molecule has 0 amide bonds. The van der Waals surface area contributed by atoms with Gasteiger partial charge < -0.3 is 20.1 Å². The predicted octanol–water partition coefficient (Wildman–Crippen LogP) is 2.39. The fourth-order valence-corrected chi connectivity index (χ4v) is 2.39. The normalized spacial score (nSPS) is 12.5. The monoisotopic (exact) mass is 336 g/mol. The van der Waals surface area contributed by atoms with Gasteiger partial charge in [-0.15, -0.1) is 5.10 Å². The molecule has 8 nitrogen and oxygen atoms in total. The highest BCUT2D eigenvalue weighted by atomic mass is 16.6. The second kappa shape index (κ2) is 7.00. The molecule has 0 saturated carbocycles. The van der Waals surface area contributed by atoms with Gasteiger partial charge in [0.25, 0.3) is 0 Å². The number of benzene rings is 1. The van der Waals surface area contributed by atoms with Crippen LogP contribution in [0.4, 0.5) is 17.5 Å². The molecule has 1 aromatic carbocycles. The third-order valence-electron chi connectivity index (χ3n) is 3.55. The Balaban J connectivity index is 1.44. The maximum atomic E-state index is 5.57. The van der Waals surface area contributed by atoms with Gasteiger partial charge in [-0.05, 0) is 23.8 Å². The molecule has 1 aliphatic rings. The molecule has 0 saturated heterocycles. The first-order valence-electron chi connectivity index (χ1n) is 7.86. The molecule has 0 fully saturated rings. The lowest BCUT2D eigenvalue weighted by Crippen LogP contribution is -2.15. The number of hydrogen-bond acceptors (Lipinski definition) is 8. The van der Waals surface area contributed by atoms with E-state index in [1.54, 1.807) is 18.6 Å². The Morgan fingerprint density at radius 3 is 2.84 bits per heavy atom. The summed E-state index contributed by atoms with van der Waals surface area (Å²) in [5, 5.41) is 14.3. The van der Waals surface area contributed by atoms with Gasteiger partial charge in [0.2, 0.25) is 5.95 Å². The number of fused-ring (bicyclic) bond motifs is 1. The third kappa shape index (κ3) is 3.74. The molecular formula is C17H16N6O2. The third-order valence-corrected chi connectivity index (χ3v) is 3.55. The molecule has 3 aromatic rings. The summed E-state index contributed by atoms with van der Waals surface area (Å²) in [6, 6.07) is 9.47. The molecule has 2 N–H and O–H groups in total. The van der Waals surface area contributed by atoms with Crippen LogP contribution < -0.4 is 20.1 Å². The maximum Gasteiger partial charge on any atom is 0.249 e. The van der Waals surface area contributed by atoms with Crippen LogP contribution >= 0.6 is 0 Å². The lowest BCUT2D eigenvalue weighted by atomic mass is 10.2. The number of ether oxygens (including phenoxy) is 2. The molecule has 0 aliphatic carbocycles. The van der Waals surface area contributed by atoms with Crippen molar-refractivity contribution in [1.82, 2.24) is 20.2 Å². The highest BCUT2D eigenvalue weighted by Crippen LogP contribution is 2.33. The molecule has 0 spiro atoms. The summed E-state index contributed by atoms with van der Waals surface area (Å²) in [5.74, 6) is 2.46. The highest BCUT2D eigenvalue weighted by Gasteiger charge is 2.12. The molecule has 0 radical (unpaired) electrons. The van der Waals surface area contributed by atoms with Crippen molar-refractivity contribution in [3.63, 3.8) is 0 Å². The number of hydrogen-bond donors (Lipinski definition) is 2. The van der Waals surface area contributed by atoms with Crippen molar-refractivity contribution in [3.05, 3.63) is 54.5 Å². The van der Waals surface area contributed by atoms with Crippen molar-refractivity contribution in [1.29, 1.82) is 0 Å². The highest BCUT2D eigenvalue weighted by molar-refractivity contribution is 5.60. The first kappa shape index (κ1) is 15.1. The zero-order valence-corrected chi connectivity index (χ0v) is 13.3. The number of nitrogens with one attached hydrogen (secondary N) is 2. The molecule has 1 aliphatic heterocycles. The van der Waals surface area contributed by atoms with Crippen molar-refractivity contribution in [2.45, 2.75) is 6.54 Å². The van der Waals surface area contributed by atoms with E-state index in [0.29, 0.717) is 37.3 Å². The van der Waals surface area contributed by atoms with E-state index in [1.807, 2.05) is 30.3 Å². The first-order chi connectivity index (χ1) is 12.4. The summed E-state index contributed by atoms with van der Waals surface area (Å²) < 4.78 is 11.1. The molecule has 0 bridgehead atoms. The number of rotatable bonds is 5. The van der Waals surface area contributed by atoms with Gasteiger partial charge in [0, 0.05) is 30.7 Å². The lowest BCUT2D eigenvalue weighted by molar-refractivity contribution is 0.171. The van der Waals surface area contributed by atoms with Crippen LogP contribution in [0.2, 0.25) is 0 Å². The molecule has 4 rings (SSSR count). The number of pyridine rings is 1. The van der Waals surface area contributed by atoms with Crippen LogP contribution in [-0.2, 0) is 6.54 Å². The molecule has 3 heterocycles. The van der Waals surface area contributed by atoms with Gasteiger partial charge in [0.05, 0.1) is 6.20 Å². The van der Waals surface area contributed by atoms with Crippen LogP contribution in [-0.4, -0.2) is 33.4 Å². The summed E-state index contributed by atoms with van der Waals surface area (Å²) in [6.45, 7) is 1.72. The van der Waals surface area contributed by atoms with Gasteiger partial charge in [-0.3, -0.25) is 4.98 Å². The Morgan fingerprint density at radius 1 is 1.04 bits per heavy atom. The second-order valence-corrected chi connectivity index (χ2v) is 5.36. The van der Waals surface area contributed by atoms with E-state index in [9.17, 15) is 0 Å². The van der Waals surface area contributed by atoms with Crippen LogP contribution in [0.1, 0.15) is 5.56 Å². The Bertz CT molecular complexity index is 859. The first-order valence-corrected chi connectivity index (χ1v) is 7.86. The van der Waals surface area contributed by atoms with Crippen molar-refractivity contribution in [2.24, 2.45) is 0 Å². The summed E-state index contributed by atoms with van der Waals surface area (Å²) in [6.07, 6.45) is 5.12. The van der Waals surface area contributed by atoms with Gasteiger partial charge >= 0.3 is 0 Å². The van der Waals surface area contributed by atoms with E-state index >= 15 is 0 Å². The van der Waals surface area contributed by atoms with Crippen molar-refractivity contribution >= 4 is 17.5 Å². The minimum absolute atomic E-state index is 0.396. The minimum Gasteiger partial charge on any atom is -0.486 e. The van der Waals surface area contributed by atoms with Crippen LogP contribution in [0, 0.1) is 0 Å². The van der Waals surface area contributed by atoms with E-state index in [1.165, 1.54) is 0 Å². The fraction of sp³-hybridized carbons (Fsp3) is 0.176. The average molecular weight is 336 g/mol. The second-order valence-electron chi connectivity index (χ2n) is 5.36. The number of anilines is 3. The Labute approximate surface area is 144 Å². The van der Waals surface area contributed by atoms with E-state index < -0.39 is 0 Å². The molecule has 2 aromatic heterocycles. The van der Waals surface area contributed by atoms with E-state index in [0.717, 1.165) is 17.0 Å². The van der Waals surface area contributed by atoms with Crippen LogP contribution in [0.3, 0.4) is 0 Å². The quantitative estimate of drug-likeness (QED) is 0.733. The maximum absolute atomic E-state index is 5.57. The van der Waals surface area contributed by atoms with E-state index in [2.05, 4.69) is 30.8 Å². The van der Waals surface area contributed by atoms with Crippen LogP contribution in [0.5, 0.6) is 11.5 Å². The molecule has 126 valence electrons. The zero-order chi connectivity index (χ0) is 16.9. The average Bonchev–Trinajstić information content (AvgIpc) is 2.67. The molecular weight excluding hydrogens is 320 g/mol. The standard InChI is InChI=1S/C17H16N6O2/c1-2-12(9-18-5-1)10-19-16-11-20-23-17(22-16)21-13-3-4-14-15(8-13)25-7-6-24-14/h1-5,8-9,11H,6-7,10H2,(H2,19,21,22,23). The Hall–Kier alpha value is -3.42. The fourth-order valence-electron chi connectivity index (χ4n) is 2.39. The van der Waals surface area contributed by atoms with E-state index in [-0.39, 0.29) is 0 Å². The van der Waals surface area contributed by atoms with Crippen molar-refractivity contribution in [3.8, 4) is 11.5 Å². The summed E-state index contributed by atoms with van der Waals surface area (Å²) in [4.78, 5) is 8.49. The van der Waals surface area contributed by atoms with Gasteiger partial charge in [0.15, 0.2) is 17.3 Å². The summed E-state index contributed by atoms with van der Waals surface area (Å²) >= 11 is 0. The number of nitrogens with zero attached hydrogens (tertiary/aromatic N) is 4.